The van der Waals surface area contributed by atoms with Crippen molar-refractivity contribution in [2.24, 2.45) is 5.73 Å². The van der Waals surface area contributed by atoms with Crippen LogP contribution in [0.15, 0.2) is 66.7 Å². The number of rotatable bonds is 5. The number of hydrogen-bond donors (Lipinski definition) is 4. The number of H-pyrrole nitrogens is 1. The highest BCUT2D eigenvalue weighted by molar-refractivity contribution is 5.99. The topological polar surface area (TPSA) is 122 Å². The van der Waals surface area contributed by atoms with Crippen LogP contribution in [-0.4, -0.2) is 21.6 Å². The Morgan fingerprint density at radius 2 is 1.71 bits per heavy atom. The molecule has 0 saturated heterocycles. The zero-order chi connectivity index (χ0) is 19.7. The van der Waals surface area contributed by atoms with Crippen LogP contribution in [0.5, 0.6) is 0 Å². The lowest BCUT2D eigenvalue weighted by Gasteiger charge is -2.04. The van der Waals surface area contributed by atoms with Crippen LogP contribution in [0, 0.1) is 5.41 Å². The Morgan fingerprint density at radius 1 is 0.964 bits per heavy atom. The van der Waals surface area contributed by atoms with Gasteiger partial charge in [0.05, 0.1) is 17.5 Å². The van der Waals surface area contributed by atoms with Crippen molar-refractivity contribution in [2.45, 2.75) is 6.42 Å². The first-order valence-electron chi connectivity index (χ1n) is 8.82. The van der Waals surface area contributed by atoms with E-state index < -0.39 is 0 Å². The number of hydrogen-bond acceptors (Lipinski definition) is 4. The minimum atomic E-state index is -0.0232. The lowest BCUT2D eigenvalue weighted by atomic mass is 10.0. The molecule has 4 aromatic rings. The predicted octanol–water partition coefficient (Wildman–Crippen LogP) is 3.52. The van der Waals surface area contributed by atoms with Crippen molar-refractivity contribution in [1.82, 2.24) is 9.97 Å². The minimum absolute atomic E-state index is 0.00520. The number of imidazole rings is 1. The van der Waals surface area contributed by atoms with Gasteiger partial charge < -0.3 is 16.5 Å². The van der Waals surface area contributed by atoms with Crippen LogP contribution in [0.1, 0.15) is 21.7 Å². The van der Waals surface area contributed by atoms with Gasteiger partial charge in [-0.25, -0.2) is 4.98 Å². The molecule has 0 fully saturated rings. The first kappa shape index (κ1) is 17.5. The summed E-state index contributed by atoms with van der Waals surface area (Å²) in [6.45, 7) is 0. The highest BCUT2D eigenvalue weighted by atomic mass is 16.1. The molecule has 3 aromatic carbocycles. The van der Waals surface area contributed by atoms with Crippen molar-refractivity contribution in [3.8, 4) is 11.1 Å². The second kappa shape index (κ2) is 7.00. The molecule has 0 saturated carbocycles. The molecule has 138 valence electrons. The summed E-state index contributed by atoms with van der Waals surface area (Å²) in [5, 5.41) is 7.52. The van der Waals surface area contributed by atoms with Crippen LogP contribution >= 0.6 is 0 Å². The van der Waals surface area contributed by atoms with Gasteiger partial charge in [0.2, 0.25) is 0 Å². The van der Waals surface area contributed by atoms with E-state index in [4.69, 9.17) is 16.9 Å². The Bertz CT molecular complexity index is 1190. The fraction of sp³-hybridized carbons (Fsp3) is 0.0455. The van der Waals surface area contributed by atoms with E-state index in [2.05, 4.69) is 9.97 Å². The van der Waals surface area contributed by atoms with Crippen LogP contribution in [0.25, 0.3) is 22.2 Å². The molecule has 6 heteroatoms. The van der Waals surface area contributed by atoms with E-state index >= 15 is 0 Å². The SMILES string of the molecule is N=C(N)c1ccc2nc(CC(=O)c3ccc(-c4cccc(N)c4)cc3)[nH]c2c1. The maximum atomic E-state index is 12.6. The zero-order valence-electron chi connectivity index (χ0n) is 15.1. The summed E-state index contributed by atoms with van der Waals surface area (Å²) in [5.41, 5.74) is 16.8. The van der Waals surface area contributed by atoms with Crippen molar-refractivity contribution < 1.29 is 4.79 Å². The number of nitrogens with one attached hydrogen (secondary N) is 2. The zero-order valence-corrected chi connectivity index (χ0v) is 15.1. The molecule has 6 nitrogen and oxygen atoms in total. The molecule has 0 unspecified atom stereocenters. The lowest BCUT2D eigenvalue weighted by molar-refractivity contribution is 0.0991. The highest BCUT2D eigenvalue weighted by Gasteiger charge is 2.12. The third-order valence-corrected chi connectivity index (χ3v) is 4.60. The summed E-state index contributed by atoms with van der Waals surface area (Å²) < 4.78 is 0. The van der Waals surface area contributed by atoms with Crippen molar-refractivity contribution in [3.63, 3.8) is 0 Å². The van der Waals surface area contributed by atoms with Crippen LogP contribution in [0.2, 0.25) is 0 Å². The summed E-state index contributed by atoms with van der Waals surface area (Å²) in [4.78, 5) is 20.2. The van der Waals surface area contributed by atoms with Crippen LogP contribution < -0.4 is 11.5 Å². The third kappa shape index (κ3) is 3.48. The molecule has 28 heavy (non-hydrogen) atoms. The Balaban J connectivity index is 1.53. The Labute approximate surface area is 161 Å². The molecular formula is C22H19N5O. The molecule has 0 spiro atoms. The number of nitrogens with zero attached hydrogens (tertiary/aromatic N) is 1. The van der Waals surface area contributed by atoms with Gasteiger partial charge in [-0.2, -0.15) is 0 Å². The highest BCUT2D eigenvalue weighted by Crippen LogP contribution is 2.22. The number of benzene rings is 3. The molecular weight excluding hydrogens is 350 g/mol. The van der Waals surface area contributed by atoms with Crippen LogP contribution in [0.3, 0.4) is 0 Å². The van der Waals surface area contributed by atoms with E-state index in [1.54, 1.807) is 18.2 Å². The molecule has 0 radical (unpaired) electrons. The number of nitrogens with two attached hydrogens (primary N) is 2. The number of ketones is 1. The van der Waals surface area contributed by atoms with E-state index in [1.807, 2.05) is 48.5 Å². The molecule has 0 aliphatic heterocycles. The molecule has 1 heterocycles. The van der Waals surface area contributed by atoms with Gasteiger partial charge in [-0.3, -0.25) is 10.2 Å². The van der Waals surface area contributed by atoms with Crippen LogP contribution in [0.4, 0.5) is 5.69 Å². The maximum Gasteiger partial charge on any atom is 0.170 e. The Hall–Kier alpha value is -3.93. The van der Waals surface area contributed by atoms with Crippen molar-refractivity contribution >= 4 is 28.3 Å². The van der Waals surface area contributed by atoms with Crippen molar-refractivity contribution in [1.29, 1.82) is 5.41 Å². The number of aromatic amines is 1. The van der Waals surface area contributed by atoms with Gasteiger partial charge in [0.25, 0.3) is 0 Å². The van der Waals surface area contributed by atoms with E-state index in [1.165, 1.54) is 0 Å². The summed E-state index contributed by atoms with van der Waals surface area (Å²) in [6, 6.07) is 20.4. The lowest BCUT2D eigenvalue weighted by Crippen LogP contribution is -2.10. The standard InChI is InChI=1S/C22H19N5O/c23-17-3-1-2-15(10-17)13-4-6-14(7-5-13)20(28)12-21-26-18-9-8-16(22(24)25)11-19(18)27-21/h1-11H,12,23H2,(H3,24,25)(H,26,27). The number of carbonyl (C=O) groups excluding carboxylic acids is 1. The fourth-order valence-corrected chi connectivity index (χ4v) is 3.13. The van der Waals surface area contributed by atoms with Gasteiger partial charge in [0.15, 0.2) is 5.78 Å². The number of amidine groups is 1. The second-order valence-corrected chi connectivity index (χ2v) is 6.63. The molecule has 0 amide bonds. The first-order valence-corrected chi connectivity index (χ1v) is 8.82. The largest absolute Gasteiger partial charge is 0.399 e. The fourth-order valence-electron chi connectivity index (χ4n) is 3.13. The first-order chi connectivity index (χ1) is 13.5. The number of aromatic nitrogens is 2. The Morgan fingerprint density at radius 3 is 2.43 bits per heavy atom. The predicted molar refractivity (Wildman–Crippen MR) is 111 cm³/mol. The summed E-state index contributed by atoms with van der Waals surface area (Å²) in [6.07, 6.45) is 0.168. The molecule has 1 aromatic heterocycles. The molecule has 0 aliphatic rings. The number of carbonyl (C=O) groups is 1. The number of anilines is 1. The van der Waals surface area contributed by atoms with Crippen molar-refractivity contribution in [3.05, 3.63) is 83.7 Å². The van der Waals surface area contributed by atoms with E-state index in [0.29, 0.717) is 22.6 Å². The van der Waals surface area contributed by atoms with Gasteiger partial charge in [0, 0.05) is 16.8 Å². The molecule has 0 aliphatic carbocycles. The molecule has 4 rings (SSSR count). The van der Waals surface area contributed by atoms with E-state index in [-0.39, 0.29) is 18.0 Å². The van der Waals surface area contributed by atoms with Gasteiger partial charge in [0.1, 0.15) is 11.7 Å². The van der Waals surface area contributed by atoms with Gasteiger partial charge in [-0.1, -0.05) is 36.4 Å². The van der Waals surface area contributed by atoms with Gasteiger partial charge in [-0.05, 0) is 41.5 Å². The maximum absolute atomic E-state index is 12.6. The van der Waals surface area contributed by atoms with Gasteiger partial charge in [-0.15, -0.1) is 0 Å². The monoisotopic (exact) mass is 369 g/mol. The number of nitrogen functional groups attached to an aromatic ring is 2. The van der Waals surface area contributed by atoms with E-state index in [9.17, 15) is 4.79 Å². The summed E-state index contributed by atoms with van der Waals surface area (Å²) in [7, 11) is 0. The molecule has 6 N–H and O–H groups in total. The molecule has 0 atom stereocenters. The number of fused-ring (bicyclic) bond motifs is 1. The Kier molecular flexibility index (Phi) is 4.37. The van der Waals surface area contributed by atoms with Crippen LogP contribution in [-0.2, 0) is 6.42 Å². The third-order valence-electron chi connectivity index (χ3n) is 4.60. The van der Waals surface area contributed by atoms with Gasteiger partial charge >= 0.3 is 0 Å². The quantitative estimate of drug-likeness (QED) is 0.186. The average Bonchev–Trinajstić information content (AvgIpc) is 3.09. The second-order valence-electron chi connectivity index (χ2n) is 6.63. The smallest absolute Gasteiger partial charge is 0.170 e. The minimum Gasteiger partial charge on any atom is -0.399 e. The average molecular weight is 369 g/mol. The summed E-state index contributed by atoms with van der Waals surface area (Å²) >= 11 is 0. The number of Topliss-reactive ketones (excluding diaryl/α,β-unsaturated/α-hetero) is 1. The summed E-state index contributed by atoms with van der Waals surface area (Å²) in [5.74, 6) is 0.556. The molecule has 0 bridgehead atoms. The van der Waals surface area contributed by atoms with E-state index in [0.717, 1.165) is 22.2 Å². The van der Waals surface area contributed by atoms with Crippen molar-refractivity contribution in [2.75, 3.05) is 5.73 Å². The normalized spacial score (nSPS) is 10.9.